The normalized spacial score (nSPS) is 11.2. The fraction of sp³-hybridized carbons (Fsp3) is 0.212. The van der Waals surface area contributed by atoms with Crippen molar-refractivity contribution in [2.24, 2.45) is 5.10 Å². The second-order valence-corrected chi connectivity index (χ2v) is 13.1. The molecule has 0 radical (unpaired) electrons. The van der Waals surface area contributed by atoms with Crippen molar-refractivity contribution in [3.8, 4) is 28.7 Å². The molecule has 1 N–H and O–H groups in total. The van der Waals surface area contributed by atoms with Crippen molar-refractivity contribution >= 4 is 55.4 Å². The van der Waals surface area contributed by atoms with Gasteiger partial charge in [-0.15, -0.1) is 0 Å². The van der Waals surface area contributed by atoms with Crippen LogP contribution >= 0.6 is 27.5 Å². The fourth-order valence-corrected chi connectivity index (χ4v) is 6.58. The van der Waals surface area contributed by atoms with Crippen LogP contribution in [0.4, 0.5) is 5.69 Å². The van der Waals surface area contributed by atoms with Crippen LogP contribution in [-0.2, 0) is 21.4 Å². The molecule has 0 aliphatic rings. The van der Waals surface area contributed by atoms with E-state index in [-0.39, 0.29) is 27.1 Å². The van der Waals surface area contributed by atoms with Crippen LogP contribution in [-0.4, -0.2) is 55.5 Å². The van der Waals surface area contributed by atoms with Crippen molar-refractivity contribution in [2.45, 2.75) is 18.4 Å². The molecule has 0 unspecified atom stereocenters. The molecule has 0 bridgehead atoms. The highest BCUT2D eigenvalue weighted by Crippen LogP contribution is 2.38. The van der Waals surface area contributed by atoms with Crippen molar-refractivity contribution in [3.63, 3.8) is 0 Å². The fourth-order valence-electron chi connectivity index (χ4n) is 4.40. The third kappa shape index (κ3) is 8.67. The molecule has 4 aromatic rings. The average Bonchev–Trinajstić information content (AvgIpc) is 3.06. The molecule has 4 rings (SSSR count). The molecular weight excluding hydrogens is 714 g/mol. The summed E-state index contributed by atoms with van der Waals surface area (Å²) in [7, 11) is 1.34. The highest BCUT2D eigenvalue weighted by atomic mass is 79.9. The molecule has 47 heavy (non-hydrogen) atoms. The SMILES string of the molecule is COc1ccc(S(=O)(=O)N(CC(=O)N/N=C\c2cc(Br)c(OCc3ccc(C)cc3)c(OC)c2)c2cc(Cl)ccc2OC)cc1OC. The molecule has 0 aliphatic carbocycles. The summed E-state index contributed by atoms with van der Waals surface area (Å²) >= 11 is 9.75. The Labute approximate surface area is 287 Å². The molecule has 0 fully saturated rings. The first kappa shape index (κ1) is 35.4. The third-order valence-corrected chi connectivity index (χ3v) is 9.38. The number of benzene rings is 4. The largest absolute Gasteiger partial charge is 0.495 e. The minimum absolute atomic E-state index is 0.0452. The van der Waals surface area contributed by atoms with Crippen molar-refractivity contribution in [1.82, 2.24) is 5.43 Å². The summed E-state index contributed by atoms with van der Waals surface area (Å²) < 4.78 is 56.9. The lowest BCUT2D eigenvalue weighted by atomic mass is 10.2. The van der Waals surface area contributed by atoms with E-state index < -0.39 is 22.5 Å². The van der Waals surface area contributed by atoms with E-state index in [1.165, 1.54) is 65.0 Å². The van der Waals surface area contributed by atoms with Crippen LogP contribution in [0.3, 0.4) is 0 Å². The standard InChI is InChI=1S/C33H33BrClN3O8S/c1-21-6-8-22(9-7-21)20-46-33-26(34)14-23(15-31(33)45-5)18-36-37-32(39)19-38(27-16-24(35)10-12-28(27)42-2)47(40,41)25-11-13-29(43-3)30(17-25)44-4/h6-18H,19-20H2,1-5H3,(H,37,39)/b36-18-. The monoisotopic (exact) mass is 745 g/mol. The van der Waals surface area contributed by atoms with Crippen LogP contribution in [0.5, 0.6) is 28.7 Å². The van der Waals surface area contributed by atoms with Gasteiger partial charge in [0.1, 0.15) is 18.9 Å². The van der Waals surface area contributed by atoms with Gasteiger partial charge in [-0.1, -0.05) is 41.4 Å². The first-order valence-corrected chi connectivity index (χ1v) is 16.6. The van der Waals surface area contributed by atoms with E-state index in [2.05, 4.69) is 26.5 Å². The zero-order valence-corrected chi connectivity index (χ0v) is 29.4. The van der Waals surface area contributed by atoms with Crippen LogP contribution in [0.2, 0.25) is 5.02 Å². The predicted octanol–water partition coefficient (Wildman–Crippen LogP) is 6.37. The van der Waals surface area contributed by atoms with Crippen molar-refractivity contribution in [2.75, 3.05) is 39.3 Å². The number of hydrazone groups is 1. The van der Waals surface area contributed by atoms with Crippen molar-refractivity contribution < 1.29 is 36.9 Å². The number of nitrogens with one attached hydrogen (secondary N) is 1. The molecule has 0 aliphatic heterocycles. The van der Waals surface area contributed by atoms with E-state index in [4.69, 9.17) is 35.3 Å². The summed E-state index contributed by atoms with van der Waals surface area (Å²) in [5, 5.41) is 4.28. The Morgan fingerprint density at radius 3 is 2.19 bits per heavy atom. The number of carbonyl (C=O) groups is 1. The van der Waals surface area contributed by atoms with Gasteiger partial charge in [0.05, 0.1) is 49.7 Å². The number of ether oxygens (including phenoxy) is 5. The number of sulfonamides is 1. The molecule has 4 aromatic carbocycles. The van der Waals surface area contributed by atoms with Gasteiger partial charge in [0.2, 0.25) is 0 Å². The second kappa shape index (κ2) is 15.9. The average molecular weight is 747 g/mol. The highest BCUT2D eigenvalue weighted by molar-refractivity contribution is 9.10. The number of hydrogen-bond acceptors (Lipinski definition) is 9. The van der Waals surface area contributed by atoms with Gasteiger partial charge in [-0.05, 0) is 76.4 Å². The zero-order chi connectivity index (χ0) is 34.1. The number of hydrogen-bond donors (Lipinski definition) is 1. The minimum Gasteiger partial charge on any atom is -0.495 e. The lowest BCUT2D eigenvalue weighted by molar-refractivity contribution is -0.119. The number of methoxy groups -OCH3 is 4. The third-order valence-electron chi connectivity index (χ3n) is 6.80. The molecule has 1 amide bonds. The van der Waals surface area contributed by atoms with E-state index in [1.54, 1.807) is 18.2 Å². The summed E-state index contributed by atoms with van der Waals surface area (Å²) in [5.74, 6) is 0.904. The summed E-state index contributed by atoms with van der Waals surface area (Å²) in [6.07, 6.45) is 1.39. The molecule has 11 nitrogen and oxygen atoms in total. The molecule has 14 heteroatoms. The van der Waals surface area contributed by atoms with Crippen LogP contribution in [0, 0.1) is 6.92 Å². The highest BCUT2D eigenvalue weighted by Gasteiger charge is 2.30. The van der Waals surface area contributed by atoms with E-state index >= 15 is 0 Å². The summed E-state index contributed by atoms with van der Waals surface area (Å²) in [6, 6.07) is 20.0. The van der Waals surface area contributed by atoms with E-state index in [0.717, 1.165) is 15.4 Å². The summed E-state index contributed by atoms with van der Waals surface area (Å²) in [5.41, 5.74) is 5.15. The summed E-state index contributed by atoms with van der Waals surface area (Å²) in [4.78, 5) is 13.0. The number of amides is 1. The minimum atomic E-state index is -4.37. The smallest absolute Gasteiger partial charge is 0.265 e. The molecule has 0 saturated carbocycles. The number of carbonyl (C=O) groups excluding carboxylic acids is 1. The molecule has 0 aromatic heterocycles. The molecule has 0 atom stereocenters. The van der Waals surface area contributed by atoms with Gasteiger partial charge >= 0.3 is 0 Å². The van der Waals surface area contributed by atoms with Crippen molar-refractivity contribution in [3.05, 3.63) is 99.0 Å². The Hall–Kier alpha value is -4.46. The Morgan fingerprint density at radius 1 is 0.872 bits per heavy atom. The topological polar surface area (TPSA) is 125 Å². The van der Waals surface area contributed by atoms with Crippen LogP contribution in [0.15, 0.2) is 87.3 Å². The van der Waals surface area contributed by atoms with Crippen LogP contribution in [0.25, 0.3) is 0 Å². The number of halogens is 2. The van der Waals surface area contributed by atoms with Crippen LogP contribution in [0.1, 0.15) is 16.7 Å². The van der Waals surface area contributed by atoms with E-state index in [1.807, 2.05) is 31.2 Å². The maximum absolute atomic E-state index is 14.0. The summed E-state index contributed by atoms with van der Waals surface area (Å²) in [6.45, 7) is 1.68. The van der Waals surface area contributed by atoms with Gasteiger partial charge in [-0.3, -0.25) is 9.10 Å². The lowest BCUT2D eigenvalue weighted by Crippen LogP contribution is -2.39. The maximum Gasteiger partial charge on any atom is 0.265 e. The maximum atomic E-state index is 14.0. The van der Waals surface area contributed by atoms with Crippen LogP contribution < -0.4 is 33.4 Å². The molecular formula is C33H33BrClN3O8S. The Kier molecular flexibility index (Phi) is 12.0. The molecule has 0 saturated heterocycles. The molecule has 0 spiro atoms. The predicted molar refractivity (Wildman–Crippen MR) is 184 cm³/mol. The first-order valence-electron chi connectivity index (χ1n) is 14.0. The van der Waals surface area contributed by atoms with Gasteiger partial charge < -0.3 is 23.7 Å². The number of rotatable bonds is 14. The first-order chi connectivity index (χ1) is 22.5. The number of nitrogens with zero attached hydrogens (tertiary/aromatic N) is 2. The lowest BCUT2D eigenvalue weighted by Gasteiger charge is -2.25. The quantitative estimate of drug-likeness (QED) is 0.117. The van der Waals surface area contributed by atoms with Gasteiger partial charge in [-0.25, -0.2) is 13.8 Å². The second-order valence-electron chi connectivity index (χ2n) is 9.95. The molecule has 248 valence electrons. The molecule has 0 heterocycles. The Morgan fingerprint density at radius 2 is 1.53 bits per heavy atom. The van der Waals surface area contributed by atoms with Crippen molar-refractivity contribution in [1.29, 1.82) is 0 Å². The zero-order valence-electron chi connectivity index (χ0n) is 26.2. The number of anilines is 1. The van der Waals surface area contributed by atoms with Gasteiger partial charge in [0.25, 0.3) is 15.9 Å². The number of aryl methyl sites for hydroxylation is 1. The Balaban J connectivity index is 1.57. The van der Waals surface area contributed by atoms with Gasteiger partial charge in [0.15, 0.2) is 23.0 Å². The Bertz CT molecular complexity index is 1870. The van der Waals surface area contributed by atoms with Gasteiger partial charge in [0, 0.05) is 11.1 Å². The van der Waals surface area contributed by atoms with E-state index in [0.29, 0.717) is 33.9 Å². The van der Waals surface area contributed by atoms with Gasteiger partial charge in [-0.2, -0.15) is 5.10 Å². The van der Waals surface area contributed by atoms with E-state index in [9.17, 15) is 13.2 Å².